The molecule has 0 heterocycles. The minimum absolute atomic E-state index is 0. The molecule has 31 heavy (non-hydrogen) atoms. The van der Waals surface area contributed by atoms with E-state index < -0.39 is 0 Å². The van der Waals surface area contributed by atoms with Crippen molar-refractivity contribution in [3.05, 3.63) is 125 Å². The average Bonchev–Trinajstić information content (AvgIpc) is 3.36. The van der Waals surface area contributed by atoms with Crippen molar-refractivity contribution < 1.29 is 48.1 Å². The third-order valence-electron chi connectivity index (χ3n) is 4.60. The summed E-state index contributed by atoms with van der Waals surface area (Å²) in [6, 6.07) is 37.1. The SMILES string of the molecule is C[Si](C)=[Zr+2].[Cl-].[Cl-].[c-]1cccc2c1Cc1ccccc1-2.c1ccc(Cc2cc[cH-]c2)cc1. The molecule has 1 aliphatic carbocycles. The quantitative estimate of drug-likeness (QED) is 0.230. The fourth-order valence-corrected chi connectivity index (χ4v) is 3.36. The third-order valence-corrected chi connectivity index (χ3v) is 4.60. The van der Waals surface area contributed by atoms with Crippen molar-refractivity contribution in [2.45, 2.75) is 25.9 Å². The molecule has 0 radical (unpaired) electrons. The normalized spacial score (nSPS) is 9.94. The van der Waals surface area contributed by atoms with Gasteiger partial charge in [0.1, 0.15) is 0 Å². The molecule has 0 bridgehead atoms. The molecule has 4 heteroatoms. The molecule has 4 aromatic carbocycles. The maximum atomic E-state index is 3.30. The van der Waals surface area contributed by atoms with Crippen molar-refractivity contribution >= 4 is 5.43 Å². The first-order chi connectivity index (χ1) is 14.1. The van der Waals surface area contributed by atoms with E-state index in [4.69, 9.17) is 0 Å². The molecule has 0 saturated heterocycles. The van der Waals surface area contributed by atoms with Crippen LogP contribution >= 0.6 is 0 Å². The van der Waals surface area contributed by atoms with Crippen molar-refractivity contribution in [1.82, 2.24) is 0 Å². The summed E-state index contributed by atoms with van der Waals surface area (Å²) >= 11 is 1.74. The summed E-state index contributed by atoms with van der Waals surface area (Å²) in [5.74, 6) is 0. The fourth-order valence-electron chi connectivity index (χ4n) is 3.36. The van der Waals surface area contributed by atoms with Crippen LogP contribution in [0.15, 0.2) is 97.1 Å². The Morgan fingerprint density at radius 2 is 1.48 bits per heavy atom. The molecule has 0 aromatic heterocycles. The minimum Gasteiger partial charge on any atom is -1.00 e. The molecule has 158 valence electrons. The van der Waals surface area contributed by atoms with Gasteiger partial charge in [-0.05, 0) is 6.42 Å². The Bertz CT molecular complexity index is 996. The van der Waals surface area contributed by atoms with Gasteiger partial charge in [-0.15, -0.1) is 5.56 Å². The molecule has 0 fully saturated rings. The standard InChI is InChI=1S/C13H9.C12H11.C2H6Si.2ClH.Zr/c1-3-7-12-10(5-1)9-11-6-2-4-8-13(11)12;1-2-6-11(7-3-1)10-12-8-4-5-9-12;1-3-2;;;/h1-5,7-8H,9H2;1-9H,10H2;1-2H3;2*1H;/q2*-1;;;;+2/p-2. The molecule has 0 spiro atoms. The van der Waals surface area contributed by atoms with Gasteiger partial charge in [0, 0.05) is 0 Å². The molecule has 0 unspecified atom stereocenters. The van der Waals surface area contributed by atoms with Crippen molar-refractivity contribution in [1.29, 1.82) is 0 Å². The predicted molar refractivity (Wildman–Crippen MR) is 122 cm³/mol. The van der Waals surface area contributed by atoms with Gasteiger partial charge < -0.3 is 24.8 Å². The molecule has 0 atom stereocenters. The molecule has 0 N–H and O–H groups in total. The van der Waals surface area contributed by atoms with Crippen LogP contribution in [0.1, 0.15) is 22.3 Å². The van der Waals surface area contributed by atoms with E-state index in [-0.39, 0.29) is 30.2 Å². The van der Waals surface area contributed by atoms with Crippen LogP contribution in [0.25, 0.3) is 11.1 Å². The molecule has 1 aliphatic rings. The van der Waals surface area contributed by atoms with Gasteiger partial charge in [-0.25, -0.2) is 6.07 Å². The van der Waals surface area contributed by atoms with E-state index in [0.29, 0.717) is 0 Å². The molecule has 0 aliphatic heterocycles. The zero-order valence-corrected chi connectivity index (χ0v) is 22.9. The predicted octanol–water partition coefficient (Wildman–Crippen LogP) is 0.847. The number of halogens is 2. The summed E-state index contributed by atoms with van der Waals surface area (Å²) in [5.41, 5.74) is 8.49. The molecule has 0 saturated carbocycles. The second-order valence-electron chi connectivity index (χ2n) is 7.35. The second kappa shape index (κ2) is 14.7. The van der Waals surface area contributed by atoms with Gasteiger partial charge >= 0.3 is 41.9 Å². The monoisotopic (exact) mass is 538 g/mol. The van der Waals surface area contributed by atoms with E-state index in [9.17, 15) is 0 Å². The van der Waals surface area contributed by atoms with Crippen molar-refractivity contribution in [2.24, 2.45) is 0 Å². The topological polar surface area (TPSA) is 0 Å². The molecule has 4 aromatic rings. The zero-order valence-electron chi connectivity index (χ0n) is 17.9. The summed E-state index contributed by atoms with van der Waals surface area (Å²) in [7, 11) is 0. The van der Waals surface area contributed by atoms with Crippen LogP contribution < -0.4 is 24.8 Å². The molecule has 0 amide bonds. The summed E-state index contributed by atoms with van der Waals surface area (Å²) < 4.78 is 0. The van der Waals surface area contributed by atoms with Crippen LogP contribution in [-0.2, 0) is 36.2 Å². The van der Waals surface area contributed by atoms with Crippen molar-refractivity contribution in [3.8, 4) is 11.1 Å². The average molecular weight is 541 g/mol. The maximum absolute atomic E-state index is 3.30. The minimum atomic E-state index is 0. The third kappa shape index (κ3) is 8.99. The van der Waals surface area contributed by atoms with E-state index in [1.165, 1.54) is 33.4 Å². The van der Waals surface area contributed by atoms with Crippen LogP contribution in [-0.4, -0.2) is 5.43 Å². The Kier molecular flexibility index (Phi) is 13.1. The summed E-state index contributed by atoms with van der Waals surface area (Å²) in [5, 5.41) is 0. The molecular weight excluding hydrogens is 515 g/mol. The van der Waals surface area contributed by atoms with Gasteiger partial charge in [-0.1, -0.05) is 77.7 Å². The van der Waals surface area contributed by atoms with Crippen LogP contribution in [0.2, 0.25) is 13.1 Å². The number of rotatable bonds is 2. The molecule has 5 rings (SSSR count). The van der Waals surface area contributed by atoms with Crippen molar-refractivity contribution in [3.63, 3.8) is 0 Å². The van der Waals surface area contributed by atoms with Gasteiger partial charge in [-0.3, -0.25) is 0 Å². The Balaban J connectivity index is 0.000000252. The Morgan fingerprint density at radius 1 is 0.839 bits per heavy atom. The number of hydrogen-bond donors (Lipinski definition) is 0. The summed E-state index contributed by atoms with van der Waals surface area (Å²) in [4.78, 5) is 0. The van der Waals surface area contributed by atoms with Gasteiger partial charge in [-0.2, -0.15) is 53.6 Å². The van der Waals surface area contributed by atoms with Crippen LogP contribution in [0.3, 0.4) is 0 Å². The van der Waals surface area contributed by atoms with Gasteiger partial charge in [0.05, 0.1) is 0 Å². The summed E-state index contributed by atoms with van der Waals surface area (Å²) in [6.45, 7) is 4.62. The van der Waals surface area contributed by atoms with Crippen LogP contribution in [0, 0.1) is 6.07 Å². The first-order valence-electron chi connectivity index (χ1n) is 9.97. The van der Waals surface area contributed by atoms with E-state index >= 15 is 0 Å². The smallest absolute Gasteiger partial charge is 0.0253 e. The van der Waals surface area contributed by atoms with Crippen LogP contribution in [0.4, 0.5) is 0 Å². The first-order valence-corrected chi connectivity index (χ1v) is 16.2. The van der Waals surface area contributed by atoms with E-state index in [0.717, 1.165) is 12.8 Å². The molecule has 0 nitrogen and oxygen atoms in total. The van der Waals surface area contributed by atoms with E-state index in [2.05, 4.69) is 110 Å². The van der Waals surface area contributed by atoms with Crippen LogP contribution in [0.5, 0.6) is 0 Å². The Hall–Kier alpha value is -1.31. The summed E-state index contributed by atoms with van der Waals surface area (Å²) in [6.07, 6.45) is 2.10. The van der Waals surface area contributed by atoms with Crippen molar-refractivity contribution in [2.75, 3.05) is 0 Å². The largest absolute Gasteiger partial charge is 1.00 e. The Morgan fingerprint density at radius 3 is 2.16 bits per heavy atom. The van der Waals surface area contributed by atoms with E-state index in [1.807, 2.05) is 6.07 Å². The maximum Gasteiger partial charge on any atom is -0.0253 e. The second-order valence-corrected chi connectivity index (χ2v) is 16.7. The van der Waals surface area contributed by atoms with Gasteiger partial charge in [0.15, 0.2) is 0 Å². The van der Waals surface area contributed by atoms with Gasteiger partial charge in [0.2, 0.25) is 0 Å². The first kappa shape index (κ1) is 27.7. The number of fused-ring (bicyclic) bond motifs is 3. The zero-order chi connectivity index (χ0) is 20.5. The number of benzene rings is 3. The van der Waals surface area contributed by atoms with E-state index in [1.54, 1.807) is 23.3 Å². The van der Waals surface area contributed by atoms with Gasteiger partial charge in [0.25, 0.3) is 0 Å². The number of hydrogen-bond acceptors (Lipinski definition) is 0. The Labute approximate surface area is 214 Å². The molecular formula is C27H26Cl2SiZr-2. The fraction of sp³-hybridized carbons (Fsp3) is 0.148.